The third-order valence-electron chi connectivity index (χ3n) is 14.8. The molecule has 2 aliphatic carbocycles. The Morgan fingerprint density at radius 3 is 1.59 bits per heavy atom. The summed E-state index contributed by atoms with van der Waals surface area (Å²) in [6.07, 6.45) is 20.2. The number of aryl methyl sites for hydroxylation is 2. The van der Waals surface area contributed by atoms with Gasteiger partial charge in [0.25, 0.3) is 0 Å². The molecule has 2 heterocycles. The van der Waals surface area contributed by atoms with E-state index in [-0.39, 0.29) is 62.3 Å². The smallest absolute Gasteiger partial charge is 0.315 e. The van der Waals surface area contributed by atoms with Gasteiger partial charge in [-0.2, -0.15) is 23.5 Å². The largest absolute Gasteiger partial charge is 0.468 e. The molecule has 0 aliphatic heterocycles. The number of thiophene rings is 2. The van der Waals surface area contributed by atoms with Crippen LogP contribution in [0.5, 0.6) is 0 Å². The summed E-state index contributed by atoms with van der Waals surface area (Å²) >= 11 is 10.4. The van der Waals surface area contributed by atoms with Gasteiger partial charge < -0.3 is 18.3 Å². The quantitative estimate of drug-likeness (QED) is 0.0234. The number of Topliss-reactive ketones (excluding diaryl/α,β-unsaturated/α-hetero) is 1. The average Bonchev–Trinajstić information content (AvgIpc) is 4.17. The van der Waals surface area contributed by atoms with Crippen molar-refractivity contribution in [3.05, 3.63) is 107 Å². The third kappa shape index (κ3) is 20.6. The summed E-state index contributed by atoms with van der Waals surface area (Å²) in [6.45, 7) is 23.0. The number of methoxy groups -OCH3 is 2. The second-order valence-electron chi connectivity index (χ2n) is 22.7. The van der Waals surface area contributed by atoms with Gasteiger partial charge in [0.05, 0.1) is 48.4 Å². The maximum absolute atomic E-state index is 12.7. The first-order valence-electron chi connectivity index (χ1n) is 26.9. The van der Waals surface area contributed by atoms with Gasteiger partial charge in [-0.3, -0.25) is 19.2 Å². The molecule has 76 heavy (non-hydrogen) atoms. The molecule has 0 spiro atoms. The molecular weight excluding hydrogens is 1100 g/mol. The van der Waals surface area contributed by atoms with Crippen molar-refractivity contribution in [3.63, 3.8) is 0 Å². The molecule has 0 bridgehead atoms. The lowest BCUT2D eigenvalue weighted by Crippen LogP contribution is -2.43. The summed E-state index contributed by atoms with van der Waals surface area (Å²) in [4.78, 5) is 50.6. The maximum atomic E-state index is 12.7. The highest BCUT2D eigenvalue weighted by molar-refractivity contribution is 8.01. The van der Waals surface area contributed by atoms with Crippen LogP contribution in [0.1, 0.15) is 89.8 Å². The Labute approximate surface area is 483 Å². The van der Waals surface area contributed by atoms with E-state index in [2.05, 4.69) is 157 Å². The van der Waals surface area contributed by atoms with E-state index in [1.54, 1.807) is 53.1 Å². The molecule has 1 saturated carbocycles. The van der Waals surface area contributed by atoms with E-state index in [9.17, 15) is 19.2 Å². The molecule has 0 amide bonds. The van der Waals surface area contributed by atoms with Gasteiger partial charge in [0, 0.05) is 31.5 Å². The molecule has 1 fully saturated rings. The second-order valence-corrected chi connectivity index (χ2v) is 39.3. The Morgan fingerprint density at radius 2 is 1.13 bits per heavy atom. The van der Waals surface area contributed by atoms with Crippen LogP contribution in [0.3, 0.4) is 0 Å². The number of thioether (sulfide) groups is 4. The van der Waals surface area contributed by atoms with Crippen LogP contribution in [0.2, 0.25) is 36.3 Å². The van der Waals surface area contributed by atoms with Gasteiger partial charge >= 0.3 is 11.9 Å². The number of carbonyl (C=O) groups is 4. The van der Waals surface area contributed by atoms with Crippen molar-refractivity contribution in [3.8, 4) is 0 Å². The summed E-state index contributed by atoms with van der Waals surface area (Å²) in [6, 6.07) is 21.8. The molecule has 16 heteroatoms. The summed E-state index contributed by atoms with van der Waals surface area (Å²) < 4.78 is 25.8. The molecule has 418 valence electrons. The van der Waals surface area contributed by atoms with E-state index in [1.165, 1.54) is 44.1 Å². The minimum atomic E-state index is -1.96. The first-order chi connectivity index (χ1) is 36.0. The van der Waals surface area contributed by atoms with E-state index in [0.717, 1.165) is 68.0 Å². The fourth-order valence-electron chi connectivity index (χ4n) is 8.28. The lowest BCUT2D eigenvalue weighted by molar-refractivity contribution is -0.138. The van der Waals surface area contributed by atoms with Gasteiger partial charge in [0.15, 0.2) is 22.4 Å². The molecule has 2 aliphatic rings. The van der Waals surface area contributed by atoms with Crippen LogP contribution in [0.4, 0.5) is 0 Å². The van der Waals surface area contributed by atoms with Crippen LogP contribution >= 0.6 is 69.7 Å². The highest BCUT2D eigenvalue weighted by Gasteiger charge is 2.40. The standard InChI is InChI=1S/C30H44O4S3Si.C30H42O4S3Si/c2*1-30(2,3)38(5,6)34-24(15-16-25-20-23-10-7-8-11-27(23)37-25)14-12-22-13-17-26(31)29(22)36-19-9-18-35-21-28(32)33-4/h7-8,10-12,14,20,22,24,29H,9,13,15-19,21H2,1-6H3;7-8,10-14,17,20,22,24,29H,9,15-16,18-19,21H2,1-6H3/b2*14-12+/t2*22-,24?,29+/m00/s1. The van der Waals surface area contributed by atoms with Crippen molar-refractivity contribution in [2.45, 2.75) is 152 Å². The lowest BCUT2D eigenvalue weighted by atomic mass is 10.0. The molecule has 6 rings (SSSR count). The normalized spacial score (nSPS) is 19.3. The van der Waals surface area contributed by atoms with Crippen LogP contribution in [-0.2, 0) is 50.3 Å². The van der Waals surface area contributed by atoms with Gasteiger partial charge in [-0.1, -0.05) is 108 Å². The molecule has 6 atom stereocenters. The van der Waals surface area contributed by atoms with E-state index in [4.69, 9.17) is 13.6 Å². The van der Waals surface area contributed by atoms with Crippen LogP contribution in [0, 0.1) is 11.8 Å². The van der Waals surface area contributed by atoms with Gasteiger partial charge in [-0.15, -0.1) is 46.2 Å². The number of fused-ring (bicyclic) bond motifs is 2. The molecule has 0 N–H and O–H groups in total. The van der Waals surface area contributed by atoms with Crippen molar-refractivity contribution >= 4 is 130 Å². The highest BCUT2D eigenvalue weighted by atomic mass is 32.2. The van der Waals surface area contributed by atoms with Gasteiger partial charge in [0.1, 0.15) is 5.78 Å². The van der Waals surface area contributed by atoms with Crippen LogP contribution in [-0.4, -0.2) is 112 Å². The number of benzene rings is 2. The van der Waals surface area contributed by atoms with E-state index in [1.807, 2.05) is 28.7 Å². The molecule has 4 aromatic rings. The van der Waals surface area contributed by atoms with Crippen molar-refractivity contribution in [2.75, 3.05) is 48.7 Å². The van der Waals surface area contributed by atoms with Crippen molar-refractivity contribution in [1.82, 2.24) is 0 Å². The number of rotatable bonds is 28. The number of allylic oxidation sites excluding steroid dienone is 4. The molecule has 8 nitrogen and oxygen atoms in total. The van der Waals surface area contributed by atoms with E-state index in [0.29, 0.717) is 23.7 Å². The van der Waals surface area contributed by atoms with Crippen LogP contribution in [0.25, 0.3) is 20.2 Å². The van der Waals surface area contributed by atoms with Gasteiger partial charge in [-0.25, -0.2) is 0 Å². The number of ether oxygens (including phenoxy) is 2. The summed E-state index contributed by atoms with van der Waals surface area (Å²) in [5.41, 5.74) is 0. The van der Waals surface area contributed by atoms with Gasteiger partial charge in [-0.05, 0) is 151 Å². The Bertz CT molecular complexity index is 2480. The summed E-state index contributed by atoms with van der Waals surface area (Å²) in [5.74, 6) is 4.95. The Kier molecular flexibility index (Phi) is 26.3. The van der Waals surface area contributed by atoms with E-state index >= 15 is 0 Å². The number of hydrogen-bond acceptors (Lipinski definition) is 14. The second kappa shape index (κ2) is 31.0. The number of hydrogen-bond donors (Lipinski definition) is 0. The first kappa shape index (κ1) is 64.4. The highest BCUT2D eigenvalue weighted by Crippen LogP contribution is 2.41. The van der Waals surface area contributed by atoms with E-state index < -0.39 is 16.6 Å². The number of carbonyl (C=O) groups excluding carboxylic acids is 4. The molecule has 0 radical (unpaired) electrons. The predicted molar refractivity (Wildman–Crippen MR) is 338 cm³/mol. The lowest BCUT2D eigenvalue weighted by Gasteiger charge is -2.38. The fraction of sp³-hybridized carbons (Fsp3) is 0.567. The molecule has 2 unspecified atom stereocenters. The zero-order valence-electron chi connectivity index (χ0n) is 47.3. The zero-order valence-corrected chi connectivity index (χ0v) is 54.2. The maximum Gasteiger partial charge on any atom is 0.315 e. The van der Waals surface area contributed by atoms with Crippen molar-refractivity contribution in [2.24, 2.45) is 11.8 Å². The van der Waals surface area contributed by atoms with Crippen molar-refractivity contribution in [1.29, 1.82) is 0 Å². The molecule has 0 saturated heterocycles. The molecule has 2 aromatic carbocycles. The summed E-state index contributed by atoms with van der Waals surface area (Å²) in [5, 5.41) is 2.86. The first-order valence-corrected chi connectivity index (χ1v) is 38.8. The third-order valence-corrected chi connectivity index (χ3v) is 31.1. The van der Waals surface area contributed by atoms with Crippen molar-refractivity contribution < 1.29 is 37.5 Å². The molecule has 2 aromatic heterocycles. The Morgan fingerprint density at radius 1 is 0.671 bits per heavy atom. The van der Waals surface area contributed by atoms with Crippen LogP contribution in [0.15, 0.2) is 97.1 Å². The minimum absolute atomic E-state index is 0.0191. The Balaban J connectivity index is 0.000000281. The SMILES string of the molecule is COC(=O)CSCCCS[C@H]1C(=O)C=C[C@@H]1/C=C/C(CCc1cc2ccccc2s1)O[Si](C)(C)C(C)(C)C.COC(=O)CSCCCS[C@H]1C(=O)CC[C@@H]1/C=C/C(CCc1cc2ccccc2s1)O[Si](C)(C)C(C)(C)C. The molecular formula is C60H86O8S6Si2. The number of esters is 2. The average molecular weight is 1180 g/mol. The topological polar surface area (TPSA) is 105 Å². The fourth-order valence-corrected chi connectivity index (χ4v) is 17.5. The predicted octanol–water partition coefficient (Wildman–Crippen LogP) is 16.1. The summed E-state index contributed by atoms with van der Waals surface area (Å²) in [7, 11) is -1.07. The van der Waals surface area contributed by atoms with Crippen LogP contribution < -0.4 is 0 Å². The van der Waals surface area contributed by atoms with Gasteiger partial charge in [0.2, 0.25) is 0 Å². The monoisotopic (exact) mass is 1180 g/mol. The zero-order chi connectivity index (χ0) is 55.5. The Hall–Kier alpha value is -2.39. The minimum Gasteiger partial charge on any atom is -0.468 e. The number of ketones is 2.